The number of halogens is 3. The summed E-state index contributed by atoms with van der Waals surface area (Å²) in [4.78, 5) is 16.5. The largest absolute Gasteiger partial charge is 0.336 e. The molecule has 0 atom stereocenters. The number of carbonyl (C=O) groups is 1. The molecule has 3 rings (SSSR count). The summed E-state index contributed by atoms with van der Waals surface area (Å²) in [6.07, 6.45) is 0. The highest BCUT2D eigenvalue weighted by Crippen LogP contribution is 2.31. The van der Waals surface area contributed by atoms with Crippen LogP contribution in [0.2, 0.25) is 10.0 Å². The van der Waals surface area contributed by atoms with Gasteiger partial charge in [-0.25, -0.2) is 4.39 Å². The van der Waals surface area contributed by atoms with Crippen LogP contribution in [0.1, 0.15) is 15.9 Å². The van der Waals surface area contributed by atoms with Crippen molar-refractivity contribution in [1.82, 2.24) is 9.80 Å². The zero-order valence-corrected chi connectivity index (χ0v) is 16.2. The van der Waals surface area contributed by atoms with Crippen LogP contribution in [0.3, 0.4) is 0 Å². The van der Waals surface area contributed by atoms with Gasteiger partial charge >= 0.3 is 0 Å². The standard InChI is InChI=1S/C20H21Cl2FN2O/c1-14-18(21)12-17(13-19(14)22)15-2-4-16(5-3-15)20(26)25-10-8-24(7-6-23)9-11-25/h2-5,12-13H,6-11H2,1H3. The molecule has 0 bridgehead atoms. The summed E-state index contributed by atoms with van der Waals surface area (Å²) in [5, 5.41) is 1.25. The van der Waals surface area contributed by atoms with E-state index in [0.717, 1.165) is 16.7 Å². The lowest BCUT2D eigenvalue weighted by Crippen LogP contribution is -2.49. The van der Waals surface area contributed by atoms with Crippen LogP contribution in [0.5, 0.6) is 0 Å². The molecule has 1 amide bonds. The monoisotopic (exact) mass is 394 g/mol. The number of nitrogens with zero attached hydrogens (tertiary/aromatic N) is 2. The second-order valence-corrected chi connectivity index (χ2v) is 7.28. The first kappa shape index (κ1) is 19.2. The van der Waals surface area contributed by atoms with E-state index in [-0.39, 0.29) is 12.6 Å². The Balaban J connectivity index is 1.71. The number of carbonyl (C=O) groups excluding carboxylic acids is 1. The lowest BCUT2D eigenvalue weighted by molar-refractivity contribution is 0.0630. The number of benzene rings is 2. The predicted molar refractivity (Wildman–Crippen MR) is 105 cm³/mol. The van der Waals surface area contributed by atoms with Crippen molar-refractivity contribution in [3.63, 3.8) is 0 Å². The van der Waals surface area contributed by atoms with Gasteiger partial charge in [0.05, 0.1) is 0 Å². The quantitative estimate of drug-likeness (QED) is 0.750. The third-order valence-electron chi connectivity index (χ3n) is 4.81. The Morgan fingerprint density at radius 1 is 1.00 bits per heavy atom. The maximum Gasteiger partial charge on any atom is 0.253 e. The Bertz CT molecular complexity index is 764. The molecule has 0 aromatic heterocycles. The van der Waals surface area contributed by atoms with Gasteiger partial charge in [-0.2, -0.15) is 0 Å². The molecular weight excluding hydrogens is 374 g/mol. The molecule has 0 unspecified atom stereocenters. The van der Waals surface area contributed by atoms with Crippen LogP contribution in [0.15, 0.2) is 36.4 Å². The van der Waals surface area contributed by atoms with Crippen molar-refractivity contribution in [2.45, 2.75) is 6.92 Å². The minimum atomic E-state index is -0.345. The van der Waals surface area contributed by atoms with Gasteiger partial charge in [0, 0.05) is 48.3 Å². The van der Waals surface area contributed by atoms with Crippen LogP contribution in [0, 0.1) is 6.92 Å². The van der Waals surface area contributed by atoms with E-state index in [1.54, 1.807) is 0 Å². The highest BCUT2D eigenvalue weighted by molar-refractivity contribution is 6.36. The van der Waals surface area contributed by atoms with Crippen LogP contribution in [-0.4, -0.2) is 55.1 Å². The van der Waals surface area contributed by atoms with E-state index < -0.39 is 0 Å². The number of piperazine rings is 1. The molecule has 1 fully saturated rings. The zero-order valence-electron chi connectivity index (χ0n) is 14.6. The van der Waals surface area contributed by atoms with Crippen molar-refractivity contribution >= 4 is 29.1 Å². The molecule has 0 radical (unpaired) electrons. The number of rotatable bonds is 4. The van der Waals surface area contributed by atoms with Gasteiger partial charge in [-0.05, 0) is 47.9 Å². The Kier molecular flexibility index (Phi) is 6.17. The highest BCUT2D eigenvalue weighted by Gasteiger charge is 2.21. The van der Waals surface area contributed by atoms with Gasteiger partial charge in [0.15, 0.2) is 0 Å². The highest BCUT2D eigenvalue weighted by atomic mass is 35.5. The van der Waals surface area contributed by atoms with E-state index in [1.807, 2.05) is 53.1 Å². The molecule has 2 aromatic rings. The number of amides is 1. The molecule has 0 saturated carbocycles. The van der Waals surface area contributed by atoms with Crippen molar-refractivity contribution in [1.29, 1.82) is 0 Å². The summed E-state index contributed by atoms with van der Waals surface area (Å²) in [6.45, 7) is 4.67. The zero-order chi connectivity index (χ0) is 18.7. The summed E-state index contributed by atoms with van der Waals surface area (Å²) in [5.74, 6) is 0.0106. The lowest BCUT2D eigenvalue weighted by Gasteiger charge is -2.34. The van der Waals surface area contributed by atoms with Crippen molar-refractivity contribution in [3.8, 4) is 11.1 Å². The first-order valence-corrected chi connectivity index (χ1v) is 9.39. The molecule has 0 spiro atoms. The van der Waals surface area contributed by atoms with Crippen LogP contribution in [0.4, 0.5) is 4.39 Å². The van der Waals surface area contributed by atoms with Gasteiger partial charge in [-0.15, -0.1) is 0 Å². The van der Waals surface area contributed by atoms with Crippen molar-refractivity contribution in [3.05, 3.63) is 57.6 Å². The van der Waals surface area contributed by atoms with Crippen LogP contribution in [0.25, 0.3) is 11.1 Å². The van der Waals surface area contributed by atoms with E-state index in [9.17, 15) is 9.18 Å². The van der Waals surface area contributed by atoms with E-state index in [0.29, 0.717) is 48.3 Å². The second kappa shape index (κ2) is 8.38. The minimum Gasteiger partial charge on any atom is -0.336 e. The summed E-state index contributed by atoms with van der Waals surface area (Å²) in [6, 6.07) is 11.2. The van der Waals surface area contributed by atoms with Gasteiger partial charge in [0.25, 0.3) is 5.91 Å². The van der Waals surface area contributed by atoms with E-state index in [4.69, 9.17) is 23.2 Å². The second-order valence-electron chi connectivity index (χ2n) is 6.47. The van der Waals surface area contributed by atoms with Crippen LogP contribution < -0.4 is 0 Å². The van der Waals surface area contributed by atoms with Crippen molar-refractivity contribution in [2.24, 2.45) is 0 Å². The number of hydrogen-bond acceptors (Lipinski definition) is 2. The molecular formula is C20H21Cl2FN2O. The third-order valence-corrected chi connectivity index (χ3v) is 5.59. The molecule has 3 nitrogen and oxygen atoms in total. The third kappa shape index (κ3) is 4.20. The average molecular weight is 395 g/mol. The van der Waals surface area contributed by atoms with E-state index in [2.05, 4.69) is 0 Å². The molecule has 0 aliphatic carbocycles. The first-order chi connectivity index (χ1) is 12.5. The molecule has 0 N–H and O–H groups in total. The Morgan fingerprint density at radius 3 is 2.12 bits per heavy atom. The van der Waals surface area contributed by atoms with Gasteiger partial charge in [-0.3, -0.25) is 9.69 Å². The molecule has 1 heterocycles. The molecule has 2 aromatic carbocycles. The van der Waals surface area contributed by atoms with Crippen LogP contribution in [-0.2, 0) is 0 Å². The molecule has 1 aliphatic rings. The first-order valence-electron chi connectivity index (χ1n) is 8.63. The van der Waals surface area contributed by atoms with E-state index in [1.165, 1.54) is 0 Å². The van der Waals surface area contributed by atoms with Crippen LogP contribution >= 0.6 is 23.2 Å². The van der Waals surface area contributed by atoms with Gasteiger partial charge in [0.1, 0.15) is 6.67 Å². The summed E-state index contributed by atoms with van der Waals surface area (Å²) in [7, 11) is 0. The maximum atomic E-state index is 12.7. The van der Waals surface area contributed by atoms with Crippen molar-refractivity contribution in [2.75, 3.05) is 39.4 Å². The average Bonchev–Trinajstić information content (AvgIpc) is 2.66. The SMILES string of the molecule is Cc1c(Cl)cc(-c2ccc(C(=O)N3CCN(CCF)CC3)cc2)cc1Cl. The summed E-state index contributed by atoms with van der Waals surface area (Å²) >= 11 is 12.4. The van der Waals surface area contributed by atoms with Gasteiger partial charge in [0.2, 0.25) is 0 Å². The van der Waals surface area contributed by atoms with Crippen molar-refractivity contribution < 1.29 is 9.18 Å². The Morgan fingerprint density at radius 2 is 1.58 bits per heavy atom. The lowest BCUT2D eigenvalue weighted by atomic mass is 10.0. The molecule has 26 heavy (non-hydrogen) atoms. The van der Waals surface area contributed by atoms with E-state index >= 15 is 0 Å². The molecule has 138 valence electrons. The summed E-state index contributed by atoms with van der Waals surface area (Å²) < 4.78 is 12.4. The maximum absolute atomic E-state index is 12.7. The minimum absolute atomic E-state index is 0.0106. The predicted octanol–water partition coefficient (Wildman–Crippen LogP) is 4.70. The van der Waals surface area contributed by atoms with Gasteiger partial charge < -0.3 is 4.90 Å². The smallest absolute Gasteiger partial charge is 0.253 e. The topological polar surface area (TPSA) is 23.6 Å². The van der Waals surface area contributed by atoms with Gasteiger partial charge in [-0.1, -0.05) is 35.3 Å². The normalized spacial score (nSPS) is 15.3. The fourth-order valence-corrected chi connectivity index (χ4v) is 3.58. The number of alkyl halides is 1. The Labute approximate surface area is 163 Å². The summed E-state index contributed by atoms with van der Waals surface area (Å²) in [5.41, 5.74) is 3.38. The molecule has 6 heteroatoms. The Hall–Kier alpha value is -1.62. The fraction of sp³-hybridized carbons (Fsp3) is 0.350. The molecule has 1 saturated heterocycles. The molecule has 1 aliphatic heterocycles. The fourth-order valence-electron chi connectivity index (χ4n) is 3.09. The number of hydrogen-bond donors (Lipinski definition) is 0.